The lowest BCUT2D eigenvalue weighted by Crippen LogP contribution is -2.27. The molecule has 0 aliphatic carbocycles. The van der Waals surface area contributed by atoms with Crippen LogP contribution >= 0.6 is 0 Å². The predicted octanol–water partition coefficient (Wildman–Crippen LogP) is 3.95. The summed E-state index contributed by atoms with van der Waals surface area (Å²) < 4.78 is 10.4. The molecule has 0 aliphatic heterocycles. The highest BCUT2D eigenvalue weighted by atomic mass is 16.6. The van der Waals surface area contributed by atoms with E-state index in [1.807, 2.05) is 0 Å². The van der Waals surface area contributed by atoms with Crippen molar-refractivity contribution in [2.24, 2.45) is 5.92 Å². The summed E-state index contributed by atoms with van der Waals surface area (Å²) in [6, 6.07) is 0. The van der Waals surface area contributed by atoms with E-state index in [0.717, 1.165) is 12.8 Å². The topological polar surface area (TPSA) is 35.5 Å². The summed E-state index contributed by atoms with van der Waals surface area (Å²) in [5.74, 6) is 0.202. The summed E-state index contributed by atoms with van der Waals surface area (Å²) in [4.78, 5) is 11.5. The molecule has 0 fully saturated rings. The number of unbranched alkanes of at least 4 members (excludes halogenated alkanes) is 5. The number of carbonyl (C=O) groups is 1. The Balaban J connectivity index is 3.66. The van der Waals surface area contributed by atoms with Crippen LogP contribution in [0.1, 0.15) is 65.7 Å². The van der Waals surface area contributed by atoms with Gasteiger partial charge in [0.25, 0.3) is 0 Å². The van der Waals surface area contributed by atoms with Gasteiger partial charge in [-0.15, -0.1) is 0 Å². The molecule has 0 saturated heterocycles. The molecule has 0 N–H and O–H groups in total. The zero-order chi connectivity index (χ0) is 13.8. The van der Waals surface area contributed by atoms with Crippen LogP contribution in [0.25, 0.3) is 0 Å². The molecule has 0 aromatic carbocycles. The summed E-state index contributed by atoms with van der Waals surface area (Å²) in [5.41, 5.74) is 0. The fourth-order valence-electron chi connectivity index (χ4n) is 1.90. The molecule has 0 spiro atoms. The van der Waals surface area contributed by atoms with Crippen LogP contribution in [0.5, 0.6) is 0 Å². The van der Waals surface area contributed by atoms with E-state index in [4.69, 9.17) is 9.47 Å². The van der Waals surface area contributed by atoms with Gasteiger partial charge in [-0.1, -0.05) is 52.9 Å². The van der Waals surface area contributed by atoms with Gasteiger partial charge in [-0.25, -0.2) is 4.79 Å². The van der Waals surface area contributed by atoms with E-state index in [-0.39, 0.29) is 12.1 Å². The van der Waals surface area contributed by atoms with Gasteiger partial charge in [0.2, 0.25) is 0 Å². The van der Waals surface area contributed by atoms with Crippen molar-refractivity contribution >= 4 is 5.97 Å². The van der Waals surface area contributed by atoms with E-state index in [1.165, 1.54) is 39.2 Å². The van der Waals surface area contributed by atoms with Crippen molar-refractivity contribution in [3.8, 4) is 0 Å². The summed E-state index contributed by atoms with van der Waals surface area (Å²) in [5, 5.41) is 0. The van der Waals surface area contributed by atoms with Gasteiger partial charge in [0.1, 0.15) is 0 Å². The minimum atomic E-state index is -0.384. The Morgan fingerprint density at radius 3 is 2.22 bits per heavy atom. The van der Waals surface area contributed by atoms with Gasteiger partial charge in [-0.2, -0.15) is 0 Å². The van der Waals surface area contributed by atoms with Crippen LogP contribution < -0.4 is 0 Å². The normalized spacial score (nSPS) is 12.7. The third-order valence-electron chi connectivity index (χ3n) is 2.97. The number of ether oxygens (including phenoxy) is 2. The SMILES string of the molecule is CCCCCCCCO[C@H](CC(C)C)C(=O)OC. The molecule has 18 heavy (non-hydrogen) atoms. The summed E-state index contributed by atoms with van der Waals surface area (Å²) in [7, 11) is 1.42. The minimum Gasteiger partial charge on any atom is -0.467 e. The lowest BCUT2D eigenvalue weighted by atomic mass is 10.1. The molecule has 0 aromatic heterocycles. The van der Waals surface area contributed by atoms with E-state index >= 15 is 0 Å². The lowest BCUT2D eigenvalue weighted by molar-refractivity contribution is -0.155. The van der Waals surface area contributed by atoms with E-state index in [0.29, 0.717) is 12.5 Å². The Hall–Kier alpha value is -0.570. The summed E-state index contributed by atoms with van der Waals surface area (Å²) in [6.07, 6.45) is 7.75. The maximum absolute atomic E-state index is 11.5. The largest absolute Gasteiger partial charge is 0.467 e. The third-order valence-corrected chi connectivity index (χ3v) is 2.97. The van der Waals surface area contributed by atoms with Crippen LogP contribution in [0, 0.1) is 5.92 Å². The van der Waals surface area contributed by atoms with Crippen LogP contribution in [-0.2, 0) is 14.3 Å². The molecular formula is C15H30O3. The van der Waals surface area contributed by atoms with Gasteiger partial charge < -0.3 is 9.47 Å². The van der Waals surface area contributed by atoms with Gasteiger partial charge in [-0.05, 0) is 18.8 Å². The van der Waals surface area contributed by atoms with Gasteiger partial charge in [0, 0.05) is 6.61 Å². The number of esters is 1. The number of carbonyl (C=O) groups excluding carboxylic acids is 1. The first kappa shape index (κ1) is 17.4. The molecule has 108 valence electrons. The monoisotopic (exact) mass is 258 g/mol. The maximum Gasteiger partial charge on any atom is 0.334 e. The second-order valence-corrected chi connectivity index (χ2v) is 5.28. The van der Waals surface area contributed by atoms with Crippen molar-refractivity contribution in [1.82, 2.24) is 0 Å². The van der Waals surface area contributed by atoms with Gasteiger partial charge in [-0.3, -0.25) is 0 Å². The first-order chi connectivity index (χ1) is 8.61. The van der Waals surface area contributed by atoms with Crippen molar-refractivity contribution in [1.29, 1.82) is 0 Å². The summed E-state index contributed by atoms with van der Waals surface area (Å²) >= 11 is 0. The highest BCUT2D eigenvalue weighted by molar-refractivity contribution is 5.74. The molecule has 3 nitrogen and oxygen atoms in total. The zero-order valence-corrected chi connectivity index (χ0v) is 12.5. The molecule has 1 atom stereocenters. The predicted molar refractivity (Wildman–Crippen MR) is 74.6 cm³/mol. The van der Waals surface area contributed by atoms with Crippen molar-refractivity contribution in [2.75, 3.05) is 13.7 Å². The Bertz CT molecular complexity index is 202. The maximum atomic E-state index is 11.5. The average molecular weight is 258 g/mol. The molecule has 0 aliphatic rings. The molecule has 0 unspecified atom stereocenters. The Morgan fingerprint density at radius 1 is 1.06 bits per heavy atom. The van der Waals surface area contributed by atoms with Crippen molar-refractivity contribution in [3.63, 3.8) is 0 Å². The van der Waals surface area contributed by atoms with Crippen molar-refractivity contribution in [2.45, 2.75) is 71.8 Å². The Kier molecular flexibility index (Phi) is 11.2. The van der Waals surface area contributed by atoms with Crippen molar-refractivity contribution in [3.05, 3.63) is 0 Å². The molecule has 3 heteroatoms. The van der Waals surface area contributed by atoms with Crippen LogP contribution in [-0.4, -0.2) is 25.8 Å². The minimum absolute atomic E-state index is 0.241. The van der Waals surface area contributed by atoms with E-state index in [9.17, 15) is 4.79 Å². The van der Waals surface area contributed by atoms with Crippen LogP contribution in [0.15, 0.2) is 0 Å². The zero-order valence-electron chi connectivity index (χ0n) is 12.5. The lowest BCUT2D eigenvalue weighted by Gasteiger charge is -2.17. The van der Waals surface area contributed by atoms with Gasteiger partial charge in [0.05, 0.1) is 7.11 Å². The highest BCUT2D eigenvalue weighted by Gasteiger charge is 2.20. The van der Waals surface area contributed by atoms with Crippen LogP contribution in [0.2, 0.25) is 0 Å². The van der Waals surface area contributed by atoms with Crippen LogP contribution in [0.3, 0.4) is 0 Å². The fourth-order valence-corrected chi connectivity index (χ4v) is 1.90. The highest BCUT2D eigenvalue weighted by Crippen LogP contribution is 2.11. The van der Waals surface area contributed by atoms with Gasteiger partial charge in [0.15, 0.2) is 6.10 Å². The Morgan fingerprint density at radius 2 is 1.67 bits per heavy atom. The first-order valence-electron chi connectivity index (χ1n) is 7.31. The Labute approximate surface area is 112 Å². The summed E-state index contributed by atoms with van der Waals surface area (Å²) in [6.45, 7) is 7.06. The fraction of sp³-hybridized carbons (Fsp3) is 0.933. The standard InChI is InChI=1S/C15H30O3/c1-5-6-7-8-9-10-11-18-14(12-13(2)3)15(16)17-4/h13-14H,5-12H2,1-4H3/t14-/m1/s1. The number of hydrogen-bond donors (Lipinski definition) is 0. The number of rotatable bonds is 11. The molecule has 0 radical (unpaired) electrons. The smallest absolute Gasteiger partial charge is 0.334 e. The van der Waals surface area contributed by atoms with E-state index in [1.54, 1.807) is 0 Å². The second kappa shape index (κ2) is 11.5. The first-order valence-corrected chi connectivity index (χ1v) is 7.31. The molecule has 0 amide bonds. The van der Waals surface area contributed by atoms with Crippen LogP contribution in [0.4, 0.5) is 0 Å². The second-order valence-electron chi connectivity index (χ2n) is 5.28. The van der Waals surface area contributed by atoms with E-state index < -0.39 is 0 Å². The number of hydrogen-bond acceptors (Lipinski definition) is 3. The quantitative estimate of drug-likeness (QED) is 0.416. The van der Waals surface area contributed by atoms with E-state index in [2.05, 4.69) is 20.8 Å². The number of methoxy groups -OCH3 is 1. The molecule has 0 heterocycles. The molecule has 0 saturated carbocycles. The molecule has 0 aromatic rings. The molecular weight excluding hydrogens is 228 g/mol. The third kappa shape index (κ3) is 9.46. The van der Waals surface area contributed by atoms with Gasteiger partial charge >= 0.3 is 5.97 Å². The molecule has 0 bridgehead atoms. The van der Waals surface area contributed by atoms with Crippen molar-refractivity contribution < 1.29 is 14.3 Å². The molecule has 0 rings (SSSR count). The average Bonchev–Trinajstić information content (AvgIpc) is 2.34.